The van der Waals surface area contributed by atoms with Gasteiger partial charge in [0.15, 0.2) is 0 Å². The molecular formula is C6H14N2OS. The van der Waals surface area contributed by atoms with Crippen LogP contribution in [0.3, 0.4) is 0 Å². The van der Waals surface area contributed by atoms with E-state index in [4.69, 9.17) is 16.2 Å². The molecular weight excluding hydrogens is 148 g/mol. The first-order valence-electron chi connectivity index (χ1n) is 3.25. The molecule has 0 aromatic rings. The first kappa shape index (κ1) is 9.78. The molecule has 0 aromatic heterocycles. The van der Waals surface area contributed by atoms with Gasteiger partial charge in [-0.2, -0.15) is 11.8 Å². The number of nitrogens with two attached hydrogens (primary N) is 1. The minimum absolute atomic E-state index is 0.0894. The van der Waals surface area contributed by atoms with Crippen molar-refractivity contribution in [2.24, 2.45) is 5.73 Å². The Bertz CT molecular complexity index is 108. The van der Waals surface area contributed by atoms with Gasteiger partial charge >= 0.3 is 0 Å². The predicted molar refractivity (Wildman–Crippen MR) is 45.5 cm³/mol. The number of thioether (sulfide) groups is 1. The van der Waals surface area contributed by atoms with Crippen LogP contribution in [0.5, 0.6) is 0 Å². The van der Waals surface area contributed by atoms with E-state index in [1.165, 1.54) is 0 Å². The van der Waals surface area contributed by atoms with Gasteiger partial charge in [-0.1, -0.05) is 0 Å². The van der Waals surface area contributed by atoms with Crippen molar-refractivity contribution in [1.29, 1.82) is 5.41 Å². The van der Waals surface area contributed by atoms with Gasteiger partial charge in [0, 0.05) is 6.61 Å². The quantitative estimate of drug-likeness (QED) is 0.312. The lowest BCUT2D eigenvalue weighted by Gasteiger charge is -2.06. The number of nitrogens with one attached hydrogen (secondary N) is 1. The third kappa shape index (κ3) is 4.64. The van der Waals surface area contributed by atoms with Crippen LogP contribution in [0.2, 0.25) is 0 Å². The molecule has 0 radical (unpaired) electrons. The predicted octanol–water partition coefficient (Wildman–Crippen LogP) is 0.426. The Morgan fingerprint density at radius 1 is 1.80 bits per heavy atom. The maximum Gasteiger partial charge on any atom is 0.104 e. The minimum Gasteiger partial charge on any atom is -0.396 e. The number of amidine groups is 1. The number of rotatable bonds is 5. The summed E-state index contributed by atoms with van der Waals surface area (Å²) in [5.41, 5.74) is 5.22. The van der Waals surface area contributed by atoms with Crippen LogP contribution >= 0.6 is 11.8 Å². The molecule has 0 aliphatic carbocycles. The first-order valence-corrected chi connectivity index (χ1v) is 4.29. The van der Waals surface area contributed by atoms with Crippen molar-refractivity contribution in [2.75, 3.05) is 12.4 Å². The summed E-state index contributed by atoms with van der Waals surface area (Å²) in [5, 5.41) is 15.5. The Kier molecular flexibility index (Phi) is 5.43. The van der Waals surface area contributed by atoms with Crippen LogP contribution in [0.1, 0.15) is 13.3 Å². The Balaban J connectivity index is 3.21. The van der Waals surface area contributed by atoms with E-state index in [-0.39, 0.29) is 17.7 Å². The topological polar surface area (TPSA) is 70.1 Å². The average molecular weight is 162 g/mol. The van der Waals surface area contributed by atoms with Gasteiger partial charge in [0.1, 0.15) is 5.84 Å². The molecule has 10 heavy (non-hydrogen) atoms. The van der Waals surface area contributed by atoms with Crippen molar-refractivity contribution < 1.29 is 5.11 Å². The van der Waals surface area contributed by atoms with Gasteiger partial charge in [-0.25, -0.2) is 0 Å². The normalized spacial score (nSPS) is 13.0. The molecule has 4 heteroatoms. The monoisotopic (exact) mass is 162 g/mol. The second-order valence-corrected chi connectivity index (χ2v) is 3.49. The first-order chi connectivity index (χ1) is 4.68. The molecule has 0 saturated carbocycles. The maximum absolute atomic E-state index is 8.42. The number of hydrogen-bond acceptors (Lipinski definition) is 3. The standard InChI is InChI=1S/C6H14N2OS/c1-5(6(7)8)10-4-2-3-9/h5,9H,2-4H2,1H3,(H3,7,8). The molecule has 0 aliphatic heterocycles. The summed E-state index contributed by atoms with van der Waals surface area (Å²) in [7, 11) is 0. The van der Waals surface area contributed by atoms with Gasteiger partial charge < -0.3 is 10.8 Å². The van der Waals surface area contributed by atoms with Crippen LogP contribution in [-0.2, 0) is 0 Å². The van der Waals surface area contributed by atoms with E-state index in [1.807, 2.05) is 6.92 Å². The van der Waals surface area contributed by atoms with Gasteiger partial charge in [0.25, 0.3) is 0 Å². The molecule has 0 spiro atoms. The van der Waals surface area contributed by atoms with Crippen molar-refractivity contribution >= 4 is 17.6 Å². The fourth-order valence-electron chi connectivity index (χ4n) is 0.414. The summed E-state index contributed by atoms with van der Waals surface area (Å²) in [6.45, 7) is 2.11. The fourth-order valence-corrected chi connectivity index (χ4v) is 1.24. The summed E-state index contributed by atoms with van der Waals surface area (Å²) >= 11 is 1.60. The average Bonchev–Trinajstić information content (AvgIpc) is 1.88. The highest BCUT2D eigenvalue weighted by molar-refractivity contribution is 8.00. The van der Waals surface area contributed by atoms with E-state index in [2.05, 4.69) is 0 Å². The third-order valence-corrected chi connectivity index (χ3v) is 2.39. The van der Waals surface area contributed by atoms with Crippen LogP contribution in [0.4, 0.5) is 0 Å². The highest BCUT2D eigenvalue weighted by atomic mass is 32.2. The minimum atomic E-state index is 0.0894. The summed E-state index contributed by atoms with van der Waals surface area (Å²) in [5.74, 6) is 1.08. The largest absolute Gasteiger partial charge is 0.396 e. The van der Waals surface area contributed by atoms with Gasteiger partial charge in [-0.05, 0) is 19.1 Å². The van der Waals surface area contributed by atoms with Crippen LogP contribution < -0.4 is 5.73 Å². The number of aliphatic hydroxyl groups is 1. The zero-order valence-electron chi connectivity index (χ0n) is 6.13. The zero-order chi connectivity index (χ0) is 7.98. The molecule has 0 aliphatic rings. The van der Waals surface area contributed by atoms with Crippen LogP contribution in [0, 0.1) is 5.41 Å². The van der Waals surface area contributed by atoms with Crippen LogP contribution in [0.15, 0.2) is 0 Å². The Morgan fingerprint density at radius 3 is 2.80 bits per heavy atom. The molecule has 0 bridgehead atoms. The van der Waals surface area contributed by atoms with E-state index < -0.39 is 0 Å². The molecule has 0 saturated heterocycles. The second-order valence-electron chi connectivity index (χ2n) is 2.05. The van der Waals surface area contributed by atoms with E-state index in [9.17, 15) is 0 Å². The van der Waals surface area contributed by atoms with E-state index >= 15 is 0 Å². The summed E-state index contributed by atoms with van der Waals surface area (Å²) in [6, 6.07) is 0. The molecule has 3 nitrogen and oxygen atoms in total. The molecule has 0 amide bonds. The molecule has 1 unspecified atom stereocenters. The summed E-state index contributed by atoms with van der Waals surface area (Å²) in [6.07, 6.45) is 0.780. The number of aliphatic hydroxyl groups excluding tert-OH is 1. The lowest BCUT2D eigenvalue weighted by Crippen LogP contribution is -2.22. The molecule has 60 valence electrons. The molecule has 0 aromatic carbocycles. The molecule has 0 fully saturated rings. The SMILES string of the molecule is CC(SCCCO)C(=N)N. The van der Waals surface area contributed by atoms with Crippen molar-refractivity contribution in [3.05, 3.63) is 0 Å². The van der Waals surface area contributed by atoms with Crippen LogP contribution in [0.25, 0.3) is 0 Å². The smallest absolute Gasteiger partial charge is 0.104 e. The fraction of sp³-hybridized carbons (Fsp3) is 0.833. The molecule has 0 heterocycles. The summed E-state index contributed by atoms with van der Waals surface area (Å²) < 4.78 is 0. The lowest BCUT2D eigenvalue weighted by atomic mass is 10.4. The van der Waals surface area contributed by atoms with Gasteiger partial charge in [-0.15, -0.1) is 0 Å². The highest BCUT2D eigenvalue weighted by Gasteiger charge is 2.03. The Hall–Kier alpha value is -0.220. The lowest BCUT2D eigenvalue weighted by molar-refractivity contribution is 0.296. The second kappa shape index (κ2) is 5.56. The van der Waals surface area contributed by atoms with E-state index in [1.54, 1.807) is 11.8 Å². The van der Waals surface area contributed by atoms with Crippen molar-refractivity contribution in [1.82, 2.24) is 0 Å². The molecule has 4 N–H and O–H groups in total. The van der Waals surface area contributed by atoms with E-state index in [0.29, 0.717) is 0 Å². The highest BCUT2D eigenvalue weighted by Crippen LogP contribution is 2.10. The van der Waals surface area contributed by atoms with Crippen molar-refractivity contribution in [2.45, 2.75) is 18.6 Å². The third-order valence-electron chi connectivity index (χ3n) is 1.11. The maximum atomic E-state index is 8.42. The van der Waals surface area contributed by atoms with Crippen molar-refractivity contribution in [3.63, 3.8) is 0 Å². The Labute approximate surface area is 65.5 Å². The van der Waals surface area contributed by atoms with Gasteiger partial charge in [0.2, 0.25) is 0 Å². The molecule has 0 rings (SSSR count). The van der Waals surface area contributed by atoms with Crippen LogP contribution in [-0.4, -0.2) is 28.6 Å². The van der Waals surface area contributed by atoms with Crippen molar-refractivity contribution in [3.8, 4) is 0 Å². The van der Waals surface area contributed by atoms with Gasteiger partial charge in [-0.3, -0.25) is 5.41 Å². The Morgan fingerprint density at radius 2 is 2.40 bits per heavy atom. The molecule has 1 atom stereocenters. The van der Waals surface area contributed by atoms with Gasteiger partial charge in [0.05, 0.1) is 5.25 Å². The van der Waals surface area contributed by atoms with E-state index in [0.717, 1.165) is 12.2 Å². The number of hydrogen-bond donors (Lipinski definition) is 3. The zero-order valence-corrected chi connectivity index (χ0v) is 6.95. The summed E-state index contributed by atoms with van der Waals surface area (Å²) in [4.78, 5) is 0.